The zero-order chi connectivity index (χ0) is 24.6. The van der Waals surface area contributed by atoms with Crippen LogP contribution in [0.3, 0.4) is 0 Å². The van der Waals surface area contributed by atoms with E-state index in [1.807, 2.05) is 0 Å². The maximum Gasteiger partial charge on any atom is 0.573 e. The van der Waals surface area contributed by atoms with Crippen LogP contribution in [0, 0.1) is 11.3 Å². The maximum absolute atomic E-state index is 12.3. The first-order valence-electron chi connectivity index (χ1n) is 10.4. The first-order chi connectivity index (χ1) is 16.2. The molecule has 0 unspecified atom stereocenters. The van der Waals surface area contributed by atoms with Gasteiger partial charge in [-0.25, -0.2) is 0 Å². The standard InChI is InChI=1S/C22H22ClF3N6O2/c23-17-8-14(2-3-20(17)34-22(24,25)26)12-28-7-4-21(33)30-6-1-5-29-18-9-15(11-27)10-19-16(18)13-31-32-19/h2-3,8-10,13,28-29H,1,4-7,12H2,(H,30,33)(H,31,32). The van der Waals surface area contributed by atoms with Crippen LogP contribution in [0.15, 0.2) is 36.5 Å². The molecule has 8 nitrogen and oxygen atoms in total. The van der Waals surface area contributed by atoms with Crippen molar-refractivity contribution in [2.45, 2.75) is 25.7 Å². The van der Waals surface area contributed by atoms with Crippen molar-refractivity contribution < 1.29 is 22.7 Å². The second-order valence-electron chi connectivity index (χ2n) is 7.34. The van der Waals surface area contributed by atoms with Gasteiger partial charge in [0, 0.05) is 43.7 Å². The van der Waals surface area contributed by atoms with Gasteiger partial charge >= 0.3 is 6.36 Å². The lowest BCUT2D eigenvalue weighted by molar-refractivity contribution is -0.274. The molecular formula is C22H22ClF3N6O2. The fraction of sp³-hybridized carbons (Fsp3) is 0.318. The highest BCUT2D eigenvalue weighted by molar-refractivity contribution is 6.32. The number of rotatable bonds is 11. The summed E-state index contributed by atoms with van der Waals surface area (Å²) in [6.45, 7) is 1.81. The summed E-state index contributed by atoms with van der Waals surface area (Å²) in [7, 11) is 0. The van der Waals surface area contributed by atoms with E-state index < -0.39 is 12.1 Å². The molecule has 12 heteroatoms. The second kappa shape index (κ2) is 11.6. The monoisotopic (exact) mass is 494 g/mol. The number of hydrogen-bond donors (Lipinski definition) is 4. The first kappa shape index (κ1) is 25.1. The number of anilines is 1. The molecule has 0 aliphatic rings. The fourth-order valence-electron chi connectivity index (χ4n) is 3.19. The molecule has 0 fully saturated rings. The molecule has 0 radical (unpaired) electrons. The number of amides is 1. The highest BCUT2D eigenvalue weighted by Gasteiger charge is 2.32. The van der Waals surface area contributed by atoms with Crippen LogP contribution in [0.25, 0.3) is 10.9 Å². The zero-order valence-corrected chi connectivity index (χ0v) is 18.7. The van der Waals surface area contributed by atoms with Crippen LogP contribution in [0.5, 0.6) is 5.75 Å². The Morgan fingerprint density at radius 2 is 2.03 bits per heavy atom. The van der Waals surface area contributed by atoms with Crippen molar-refractivity contribution >= 4 is 34.1 Å². The largest absolute Gasteiger partial charge is 0.573 e. The lowest BCUT2D eigenvalue weighted by Crippen LogP contribution is -2.29. The number of halogens is 4. The fourth-order valence-corrected chi connectivity index (χ4v) is 3.43. The van der Waals surface area contributed by atoms with Gasteiger partial charge in [-0.05, 0) is 36.2 Å². The zero-order valence-electron chi connectivity index (χ0n) is 17.9. The molecule has 0 atom stereocenters. The molecule has 4 N–H and O–H groups in total. The van der Waals surface area contributed by atoms with Gasteiger partial charge in [-0.15, -0.1) is 13.2 Å². The van der Waals surface area contributed by atoms with Crippen molar-refractivity contribution in [3.8, 4) is 11.8 Å². The van der Waals surface area contributed by atoms with Crippen molar-refractivity contribution in [2.75, 3.05) is 25.0 Å². The first-order valence-corrected chi connectivity index (χ1v) is 10.8. The number of carbonyl (C=O) groups is 1. The van der Waals surface area contributed by atoms with Gasteiger partial charge in [0.25, 0.3) is 0 Å². The minimum atomic E-state index is -4.80. The van der Waals surface area contributed by atoms with Crippen molar-refractivity contribution in [2.24, 2.45) is 0 Å². The number of aromatic nitrogens is 2. The molecule has 0 aliphatic carbocycles. The summed E-state index contributed by atoms with van der Waals surface area (Å²) in [5, 5.41) is 25.8. The number of aromatic amines is 1. The second-order valence-corrected chi connectivity index (χ2v) is 7.74. The number of ether oxygens (including phenoxy) is 1. The summed E-state index contributed by atoms with van der Waals surface area (Å²) >= 11 is 5.82. The number of hydrogen-bond acceptors (Lipinski definition) is 6. The van der Waals surface area contributed by atoms with Crippen LogP contribution in [0.1, 0.15) is 24.0 Å². The molecule has 1 heterocycles. The van der Waals surface area contributed by atoms with Gasteiger partial charge in [0.15, 0.2) is 0 Å². The predicted octanol–water partition coefficient (Wildman–Crippen LogP) is 4.08. The quantitative estimate of drug-likeness (QED) is 0.299. The third-order valence-corrected chi connectivity index (χ3v) is 5.05. The average molecular weight is 495 g/mol. The van der Waals surface area contributed by atoms with E-state index >= 15 is 0 Å². The topological polar surface area (TPSA) is 115 Å². The Bertz CT molecular complexity index is 1180. The molecule has 3 rings (SSSR count). The number of nitrogens with zero attached hydrogens (tertiary/aromatic N) is 2. The molecule has 0 spiro atoms. The van der Waals surface area contributed by atoms with E-state index in [-0.39, 0.29) is 17.4 Å². The van der Waals surface area contributed by atoms with Crippen molar-refractivity contribution in [3.05, 3.63) is 52.7 Å². The van der Waals surface area contributed by atoms with Crippen LogP contribution in [0.4, 0.5) is 18.9 Å². The van der Waals surface area contributed by atoms with E-state index in [0.717, 1.165) is 22.7 Å². The van der Waals surface area contributed by atoms with Crippen LogP contribution >= 0.6 is 11.6 Å². The van der Waals surface area contributed by atoms with Crippen LogP contribution < -0.4 is 20.7 Å². The number of carbonyl (C=O) groups excluding carboxylic acids is 1. The SMILES string of the molecule is N#Cc1cc(NCCCNC(=O)CCNCc2ccc(OC(F)(F)F)c(Cl)c2)c2cn[nH]c2c1. The van der Waals surface area contributed by atoms with Gasteiger partial charge in [-0.3, -0.25) is 9.89 Å². The van der Waals surface area contributed by atoms with Crippen molar-refractivity contribution in [1.29, 1.82) is 5.26 Å². The Morgan fingerprint density at radius 3 is 2.76 bits per heavy atom. The number of nitrogens with one attached hydrogen (secondary N) is 4. The third-order valence-electron chi connectivity index (χ3n) is 4.76. The van der Waals surface area contributed by atoms with Gasteiger partial charge in [0.1, 0.15) is 5.75 Å². The average Bonchev–Trinajstić information content (AvgIpc) is 3.26. The number of H-pyrrole nitrogens is 1. The van der Waals surface area contributed by atoms with E-state index in [9.17, 15) is 18.0 Å². The van der Waals surface area contributed by atoms with E-state index in [4.69, 9.17) is 16.9 Å². The normalized spacial score (nSPS) is 11.3. The summed E-state index contributed by atoms with van der Waals surface area (Å²) in [6, 6.07) is 9.60. The molecule has 34 heavy (non-hydrogen) atoms. The minimum Gasteiger partial charge on any atom is -0.404 e. The van der Waals surface area contributed by atoms with E-state index in [2.05, 4.69) is 37.0 Å². The lowest BCUT2D eigenvalue weighted by atomic mass is 10.1. The Kier molecular flexibility index (Phi) is 8.56. The van der Waals surface area contributed by atoms with Crippen molar-refractivity contribution in [1.82, 2.24) is 20.8 Å². The van der Waals surface area contributed by atoms with Gasteiger partial charge in [0.05, 0.1) is 28.4 Å². The van der Waals surface area contributed by atoms with Gasteiger partial charge < -0.3 is 20.7 Å². The Hall–Kier alpha value is -3.49. The minimum absolute atomic E-state index is 0.122. The Morgan fingerprint density at radius 1 is 1.21 bits per heavy atom. The molecule has 2 aromatic carbocycles. The highest BCUT2D eigenvalue weighted by Crippen LogP contribution is 2.30. The van der Waals surface area contributed by atoms with Gasteiger partial charge in [0.2, 0.25) is 5.91 Å². The molecule has 0 aliphatic heterocycles. The van der Waals surface area contributed by atoms with Crippen LogP contribution in [-0.2, 0) is 11.3 Å². The molecule has 1 amide bonds. The molecule has 0 saturated heterocycles. The lowest BCUT2D eigenvalue weighted by Gasteiger charge is -2.12. The van der Waals surface area contributed by atoms with Gasteiger partial charge in [-0.2, -0.15) is 10.4 Å². The summed E-state index contributed by atoms with van der Waals surface area (Å²) in [4.78, 5) is 12.0. The summed E-state index contributed by atoms with van der Waals surface area (Å²) in [6.07, 6.45) is -2.19. The molecule has 3 aromatic rings. The predicted molar refractivity (Wildman–Crippen MR) is 121 cm³/mol. The summed E-state index contributed by atoms with van der Waals surface area (Å²) in [5.74, 6) is -0.582. The Labute approximate surface area is 198 Å². The smallest absolute Gasteiger partial charge is 0.404 e. The molecule has 0 bridgehead atoms. The summed E-state index contributed by atoms with van der Waals surface area (Å²) < 4.78 is 40.7. The molecular weight excluding hydrogens is 473 g/mol. The van der Waals surface area contributed by atoms with E-state index in [1.54, 1.807) is 18.3 Å². The Balaban J connectivity index is 1.31. The molecule has 1 aromatic heterocycles. The number of nitriles is 1. The third kappa shape index (κ3) is 7.54. The van der Waals surface area contributed by atoms with Crippen molar-refractivity contribution in [3.63, 3.8) is 0 Å². The van der Waals surface area contributed by atoms with E-state index in [0.29, 0.717) is 43.7 Å². The number of benzene rings is 2. The molecule has 0 saturated carbocycles. The molecule has 180 valence electrons. The maximum atomic E-state index is 12.3. The van der Waals surface area contributed by atoms with E-state index in [1.165, 1.54) is 12.1 Å². The number of fused-ring (bicyclic) bond motifs is 1. The van der Waals surface area contributed by atoms with Crippen LogP contribution in [0.2, 0.25) is 5.02 Å². The summed E-state index contributed by atoms with van der Waals surface area (Å²) in [5.41, 5.74) is 2.76. The number of alkyl halides is 3. The highest BCUT2D eigenvalue weighted by atomic mass is 35.5. The van der Waals surface area contributed by atoms with Crippen LogP contribution in [-0.4, -0.2) is 42.1 Å². The van der Waals surface area contributed by atoms with Gasteiger partial charge in [-0.1, -0.05) is 17.7 Å².